The molecule has 14 heteroatoms. The number of carbonyl (C=O) groups is 4. The second-order valence-electron chi connectivity index (χ2n) is 15.1. The number of rotatable bonds is 6. The Kier molecular flexibility index (Phi) is 8.43. The van der Waals surface area contributed by atoms with Crippen molar-refractivity contribution in [1.82, 2.24) is 9.78 Å². The molecule has 1 N–H and O–H groups in total. The van der Waals surface area contributed by atoms with Crippen molar-refractivity contribution in [2.24, 2.45) is 36.1 Å². The number of imide groups is 2. The van der Waals surface area contributed by atoms with Crippen molar-refractivity contribution in [3.8, 4) is 27.8 Å². The maximum Gasteiger partial charge on any atom is 0.242 e. The predicted molar refractivity (Wildman–Crippen MR) is 214 cm³/mol. The van der Waals surface area contributed by atoms with E-state index in [-0.39, 0.29) is 41.9 Å². The lowest BCUT2D eigenvalue weighted by atomic mass is 9.51. The molecule has 1 saturated carbocycles. The van der Waals surface area contributed by atoms with Gasteiger partial charge in [0.15, 0.2) is 11.5 Å². The zero-order valence-electron chi connectivity index (χ0n) is 31.0. The first-order chi connectivity index (χ1) is 26.8. The highest BCUT2D eigenvalue weighted by atomic mass is 35.5. The summed E-state index contributed by atoms with van der Waals surface area (Å²) in [5, 5.41) is 17.8. The quantitative estimate of drug-likeness (QED) is 0.135. The average molecular weight is 812 g/mol. The molecule has 9 rings (SSSR count). The number of aromatic nitrogens is 2. The molecule has 2 aliphatic carbocycles. The fourth-order valence-corrected chi connectivity index (χ4v) is 11.2. The summed E-state index contributed by atoms with van der Waals surface area (Å²) in [5.41, 5.74) is 2.02. The number of anilines is 2. The van der Waals surface area contributed by atoms with Crippen molar-refractivity contribution in [3.05, 3.63) is 93.5 Å². The number of phenols is 1. The third kappa shape index (κ3) is 5.04. The van der Waals surface area contributed by atoms with Gasteiger partial charge in [-0.2, -0.15) is 5.10 Å². The summed E-state index contributed by atoms with van der Waals surface area (Å²) < 4.78 is 13.7. The highest BCUT2D eigenvalue weighted by Crippen LogP contribution is 2.64. The molecule has 3 fully saturated rings. The Balaban J connectivity index is 1.18. The molecule has 0 radical (unpaired) electrons. The van der Waals surface area contributed by atoms with Crippen LogP contribution in [0.4, 0.5) is 11.5 Å². The number of aromatic hydroxyl groups is 1. The van der Waals surface area contributed by atoms with Gasteiger partial charge in [-0.25, -0.2) is 4.90 Å². The van der Waals surface area contributed by atoms with Gasteiger partial charge in [-0.3, -0.25) is 28.8 Å². The van der Waals surface area contributed by atoms with Crippen molar-refractivity contribution in [2.75, 3.05) is 24.0 Å². The summed E-state index contributed by atoms with van der Waals surface area (Å²) in [6.45, 7) is 3.80. The van der Waals surface area contributed by atoms with Crippen LogP contribution in [0.25, 0.3) is 20.7 Å². The van der Waals surface area contributed by atoms with Gasteiger partial charge in [0, 0.05) is 33.8 Å². The fraction of sp³-hybridized carbons (Fsp3) is 0.310. The maximum absolute atomic E-state index is 15.2. The van der Waals surface area contributed by atoms with Crippen LogP contribution in [-0.4, -0.2) is 52.7 Å². The largest absolute Gasteiger partial charge is 0.502 e. The van der Waals surface area contributed by atoms with E-state index in [1.807, 2.05) is 31.2 Å². The van der Waals surface area contributed by atoms with Gasteiger partial charge in [0.1, 0.15) is 11.5 Å². The lowest BCUT2D eigenvalue weighted by molar-refractivity contribution is -0.131. The minimum absolute atomic E-state index is 0.127. The first kappa shape index (κ1) is 36.5. The van der Waals surface area contributed by atoms with Gasteiger partial charge in [0.25, 0.3) is 0 Å². The van der Waals surface area contributed by atoms with Gasteiger partial charge in [-0.1, -0.05) is 34.9 Å². The second kappa shape index (κ2) is 12.9. The number of phenolic OH excluding ortho intramolecular Hbond substituents is 1. The Morgan fingerprint density at radius 2 is 1.55 bits per heavy atom. The predicted octanol–water partition coefficient (Wildman–Crippen LogP) is 8.08. The number of nitrogens with zero attached hydrogens (tertiary/aromatic N) is 4. The number of halogens is 2. The zero-order chi connectivity index (χ0) is 39.5. The number of hydrogen-bond donors (Lipinski definition) is 1. The van der Waals surface area contributed by atoms with Crippen molar-refractivity contribution >= 4 is 79.8 Å². The van der Waals surface area contributed by atoms with Gasteiger partial charge in [-0.05, 0) is 104 Å². The van der Waals surface area contributed by atoms with Crippen LogP contribution in [0.1, 0.15) is 36.8 Å². The summed E-state index contributed by atoms with van der Waals surface area (Å²) in [5.74, 6) is -4.76. The van der Waals surface area contributed by atoms with E-state index in [2.05, 4.69) is 0 Å². The lowest BCUT2D eigenvalue weighted by Crippen LogP contribution is -2.49. The molecular weight excluding hydrogens is 775 g/mol. The van der Waals surface area contributed by atoms with Crippen LogP contribution >= 0.6 is 34.5 Å². The van der Waals surface area contributed by atoms with Crippen molar-refractivity contribution in [3.63, 3.8) is 0 Å². The van der Waals surface area contributed by atoms with Crippen LogP contribution in [0.15, 0.2) is 72.3 Å². The van der Waals surface area contributed by atoms with Gasteiger partial charge in [0.2, 0.25) is 29.4 Å². The Morgan fingerprint density at radius 1 is 0.875 bits per heavy atom. The van der Waals surface area contributed by atoms with E-state index in [9.17, 15) is 19.5 Å². The summed E-state index contributed by atoms with van der Waals surface area (Å²) >= 11 is 14.0. The fourth-order valence-electron chi connectivity index (χ4n) is 9.75. The van der Waals surface area contributed by atoms with Gasteiger partial charge < -0.3 is 14.6 Å². The molecule has 11 nitrogen and oxygen atoms in total. The number of aryl methyl sites for hydroxylation is 2. The Labute approximate surface area is 336 Å². The van der Waals surface area contributed by atoms with E-state index >= 15 is 4.79 Å². The number of thiophene rings is 1. The minimum Gasteiger partial charge on any atom is -0.502 e. The summed E-state index contributed by atoms with van der Waals surface area (Å²) in [6, 6.07) is 17.4. The molecule has 0 bridgehead atoms. The Morgan fingerprint density at radius 3 is 2.23 bits per heavy atom. The molecule has 3 aromatic carbocycles. The number of amides is 4. The van der Waals surface area contributed by atoms with Crippen molar-refractivity contribution in [2.45, 2.75) is 32.6 Å². The van der Waals surface area contributed by atoms with E-state index in [4.69, 9.17) is 37.8 Å². The first-order valence-corrected chi connectivity index (χ1v) is 19.7. The standard InChI is InChI=1S/C42H36Cl2N4O7S/c1-19-26-16-22(44)8-13-32(26)56-37(19)29-18-33(46(3)45-29)48-39(51)28-17-27-24(11-12-25-34(27)40(52)47(38(25)50)23-9-6-21(43)7-10-23)35(42(28,2)41(48)53)20-14-30(54-4)36(49)31(15-20)55-5/h6-11,13-16,18,25,27-28,34-35,49H,12,17H2,1-5H3/t25-,27+,28-,34-,35-,42+/m0/s1. The maximum atomic E-state index is 15.2. The highest BCUT2D eigenvalue weighted by molar-refractivity contribution is 7.22. The van der Waals surface area contributed by atoms with E-state index in [0.29, 0.717) is 32.8 Å². The zero-order valence-corrected chi connectivity index (χ0v) is 33.3. The SMILES string of the molecule is COc1cc([C@H]2C3=CC[C@@H]4C(=O)N(c5ccc(Cl)cc5)C(=O)[C@@H]4[C@@H]3C[C@H]3C(=O)N(c4cc(-c5sc6ccc(Cl)cc6c5C)nn4C)C(=O)[C@@]23C)cc(OC)c1O. The van der Waals surface area contributed by atoms with Crippen LogP contribution in [0.2, 0.25) is 10.0 Å². The molecule has 5 aromatic rings. The van der Waals surface area contributed by atoms with Gasteiger partial charge in [-0.15, -0.1) is 11.3 Å². The molecule has 286 valence electrons. The number of carbonyl (C=O) groups excluding carboxylic acids is 4. The number of fused-ring (bicyclic) bond motifs is 5. The summed E-state index contributed by atoms with van der Waals surface area (Å²) in [7, 11) is 4.55. The summed E-state index contributed by atoms with van der Waals surface area (Å²) in [6.07, 6.45) is 2.41. The molecule has 6 atom stereocenters. The number of ether oxygens (including phenoxy) is 2. The minimum atomic E-state index is -1.35. The van der Waals surface area contributed by atoms with Crippen LogP contribution in [-0.2, 0) is 26.2 Å². The van der Waals surface area contributed by atoms with Crippen molar-refractivity contribution < 1.29 is 33.8 Å². The monoisotopic (exact) mass is 810 g/mol. The van der Waals surface area contributed by atoms with E-state index in [1.165, 1.54) is 24.0 Å². The van der Waals surface area contributed by atoms with Crippen LogP contribution < -0.4 is 19.3 Å². The molecule has 0 spiro atoms. The first-order valence-electron chi connectivity index (χ1n) is 18.2. The molecular formula is C42H36Cl2N4O7S. The van der Waals surface area contributed by atoms with E-state index < -0.39 is 46.8 Å². The molecule has 56 heavy (non-hydrogen) atoms. The van der Waals surface area contributed by atoms with Gasteiger partial charge >= 0.3 is 0 Å². The normalized spacial score (nSPS) is 25.8. The van der Waals surface area contributed by atoms with Gasteiger partial charge in [0.05, 0.1) is 48.0 Å². The number of benzene rings is 3. The molecule has 2 saturated heterocycles. The van der Waals surface area contributed by atoms with Crippen molar-refractivity contribution in [1.29, 1.82) is 0 Å². The second-order valence-corrected chi connectivity index (χ2v) is 17.1. The molecule has 4 heterocycles. The topological polar surface area (TPSA) is 131 Å². The Hall–Kier alpha value is -5.17. The third-order valence-electron chi connectivity index (χ3n) is 12.4. The molecule has 4 aliphatic rings. The Bertz CT molecular complexity index is 2560. The van der Waals surface area contributed by atoms with Crippen LogP contribution in [0, 0.1) is 36.0 Å². The smallest absolute Gasteiger partial charge is 0.242 e. The highest BCUT2D eigenvalue weighted by Gasteiger charge is 2.68. The lowest BCUT2D eigenvalue weighted by Gasteiger charge is -2.49. The van der Waals surface area contributed by atoms with E-state index in [0.717, 1.165) is 26.1 Å². The number of hydrogen-bond acceptors (Lipinski definition) is 9. The summed E-state index contributed by atoms with van der Waals surface area (Å²) in [4.78, 5) is 62.0. The van der Waals surface area contributed by atoms with E-state index in [1.54, 1.807) is 72.5 Å². The van der Waals surface area contributed by atoms with Crippen LogP contribution in [0.3, 0.4) is 0 Å². The molecule has 4 amide bonds. The number of allylic oxidation sites excluding steroid dienone is 2. The van der Waals surface area contributed by atoms with Crippen LogP contribution in [0.5, 0.6) is 17.2 Å². The third-order valence-corrected chi connectivity index (χ3v) is 14.2. The molecule has 2 aromatic heterocycles. The number of methoxy groups -OCH3 is 2. The molecule has 2 aliphatic heterocycles. The molecule has 0 unspecified atom stereocenters. The average Bonchev–Trinajstić information content (AvgIpc) is 3.85.